The van der Waals surface area contributed by atoms with Crippen molar-refractivity contribution in [1.82, 2.24) is 14.3 Å². The molecule has 0 spiro atoms. The number of aromatic nitrogens is 2. The average Bonchev–Trinajstić information content (AvgIpc) is 3.06. The fourth-order valence-corrected chi connectivity index (χ4v) is 5.80. The molecule has 5 nitrogen and oxygen atoms in total. The van der Waals surface area contributed by atoms with Crippen LogP contribution in [0.15, 0.2) is 71.8 Å². The van der Waals surface area contributed by atoms with Crippen LogP contribution >= 0.6 is 0 Å². The minimum Gasteiger partial charge on any atom is -0.313 e. The van der Waals surface area contributed by atoms with E-state index in [4.69, 9.17) is 0 Å². The maximum atomic E-state index is 13.7. The molecule has 0 aliphatic carbocycles. The minimum atomic E-state index is -3.77. The van der Waals surface area contributed by atoms with E-state index in [0.29, 0.717) is 11.0 Å². The van der Waals surface area contributed by atoms with Gasteiger partial charge in [-0.25, -0.2) is 12.4 Å². The molecule has 2 aromatic heterocycles. The second-order valence-electron chi connectivity index (χ2n) is 7.29. The van der Waals surface area contributed by atoms with Crippen molar-refractivity contribution in [3.63, 3.8) is 0 Å². The lowest BCUT2D eigenvalue weighted by atomic mass is 9.97. The van der Waals surface area contributed by atoms with E-state index >= 15 is 0 Å². The van der Waals surface area contributed by atoms with Crippen LogP contribution in [-0.4, -0.2) is 30.5 Å². The predicted octanol–water partition coefficient (Wildman–Crippen LogP) is 4.11. The Labute approximate surface area is 169 Å². The zero-order chi connectivity index (χ0) is 20.0. The Bertz CT molecular complexity index is 1380. The summed E-state index contributed by atoms with van der Waals surface area (Å²) in [7, 11) is -3.77. The molecule has 1 aliphatic heterocycles. The highest BCUT2D eigenvalue weighted by Crippen LogP contribution is 2.36. The van der Waals surface area contributed by atoms with E-state index in [2.05, 4.69) is 16.4 Å². The number of benzene rings is 2. The van der Waals surface area contributed by atoms with Crippen LogP contribution < -0.4 is 5.32 Å². The summed E-state index contributed by atoms with van der Waals surface area (Å²) in [4.78, 5) is 4.57. The SMILES string of the molecule is Cc1c(C2=CCNCC2)c2ccccc2n1S(=O)(=O)c1ccc2cccnc2c1. The van der Waals surface area contributed by atoms with Crippen LogP contribution in [0, 0.1) is 6.92 Å². The highest BCUT2D eigenvalue weighted by atomic mass is 32.2. The van der Waals surface area contributed by atoms with E-state index in [0.717, 1.165) is 41.5 Å². The van der Waals surface area contributed by atoms with E-state index in [1.807, 2.05) is 49.4 Å². The van der Waals surface area contributed by atoms with Gasteiger partial charge in [-0.05, 0) is 49.7 Å². The lowest BCUT2D eigenvalue weighted by Crippen LogP contribution is -2.20. The van der Waals surface area contributed by atoms with Gasteiger partial charge in [-0.1, -0.05) is 36.4 Å². The molecule has 29 heavy (non-hydrogen) atoms. The summed E-state index contributed by atoms with van der Waals surface area (Å²) < 4.78 is 28.9. The molecule has 5 rings (SSSR count). The van der Waals surface area contributed by atoms with Gasteiger partial charge < -0.3 is 5.32 Å². The van der Waals surface area contributed by atoms with Crippen molar-refractivity contribution in [2.75, 3.05) is 13.1 Å². The molecule has 4 aromatic rings. The van der Waals surface area contributed by atoms with Gasteiger partial charge in [0.2, 0.25) is 0 Å². The fraction of sp³-hybridized carbons (Fsp3) is 0.174. The van der Waals surface area contributed by atoms with Gasteiger partial charge in [0.1, 0.15) is 0 Å². The lowest BCUT2D eigenvalue weighted by Gasteiger charge is -2.15. The van der Waals surface area contributed by atoms with E-state index in [1.54, 1.807) is 18.3 Å². The Hall–Kier alpha value is -2.96. The molecule has 0 radical (unpaired) electrons. The minimum absolute atomic E-state index is 0.249. The van der Waals surface area contributed by atoms with Crippen molar-refractivity contribution in [2.45, 2.75) is 18.2 Å². The van der Waals surface area contributed by atoms with E-state index in [9.17, 15) is 8.42 Å². The highest BCUT2D eigenvalue weighted by Gasteiger charge is 2.26. The quantitative estimate of drug-likeness (QED) is 0.559. The molecule has 0 unspecified atom stereocenters. The normalized spacial score (nSPS) is 15.0. The van der Waals surface area contributed by atoms with Gasteiger partial charge in [0, 0.05) is 34.8 Å². The number of hydrogen-bond acceptors (Lipinski definition) is 4. The first kappa shape index (κ1) is 18.1. The Balaban J connectivity index is 1.77. The standard InChI is InChI=1S/C23H21N3O2S/c1-16-23(18-10-13-24-14-11-18)20-6-2-3-7-22(20)26(16)29(27,28)19-9-8-17-5-4-12-25-21(17)15-19/h2-10,12,15,24H,11,13-14H2,1H3. The second-order valence-corrected chi connectivity index (χ2v) is 9.08. The molecular formula is C23H21N3O2S. The molecule has 2 aromatic carbocycles. The Morgan fingerprint density at radius 2 is 1.93 bits per heavy atom. The maximum Gasteiger partial charge on any atom is 0.268 e. The van der Waals surface area contributed by atoms with Crippen molar-refractivity contribution >= 4 is 37.4 Å². The van der Waals surface area contributed by atoms with Gasteiger partial charge in [-0.15, -0.1) is 0 Å². The summed E-state index contributed by atoms with van der Waals surface area (Å²) >= 11 is 0. The fourth-order valence-electron chi connectivity index (χ4n) is 4.22. The van der Waals surface area contributed by atoms with Gasteiger partial charge in [0.05, 0.1) is 15.9 Å². The van der Waals surface area contributed by atoms with Gasteiger partial charge >= 0.3 is 0 Å². The molecule has 0 saturated carbocycles. The number of rotatable bonds is 3. The summed E-state index contributed by atoms with van der Waals surface area (Å²) in [5.74, 6) is 0. The third kappa shape index (κ3) is 2.87. The summed E-state index contributed by atoms with van der Waals surface area (Å²) in [5.41, 5.74) is 4.36. The number of nitrogens with zero attached hydrogens (tertiary/aromatic N) is 2. The van der Waals surface area contributed by atoms with Crippen LogP contribution in [0.5, 0.6) is 0 Å². The average molecular weight is 404 g/mol. The van der Waals surface area contributed by atoms with Crippen molar-refractivity contribution in [2.24, 2.45) is 0 Å². The summed E-state index contributed by atoms with van der Waals surface area (Å²) in [6.45, 7) is 3.60. The van der Waals surface area contributed by atoms with Gasteiger partial charge in [-0.2, -0.15) is 0 Å². The topological polar surface area (TPSA) is 64.0 Å². The predicted molar refractivity (Wildman–Crippen MR) is 116 cm³/mol. The summed E-state index contributed by atoms with van der Waals surface area (Å²) in [6, 6.07) is 16.6. The van der Waals surface area contributed by atoms with Crippen LogP contribution in [0.25, 0.3) is 27.4 Å². The molecule has 0 fully saturated rings. The molecule has 0 amide bonds. The third-order valence-corrected chi connectivity index (χ3v) is 7.36. The summed E-state index contributed by atoms with van der Waals surface area (Å²) in [6.07, 6.45) is 4.72. The molecule has 0 bridgehead atoms. The second kappa shape index (κ2) is 6.83. The van der Waals surface area contributed by atoms with E-state index in [1.165, 1.54) is 9.55 Å². The van der Waals surface area contributed by atoms with Crippen molar-refractivity contribution in [3.05, 3.63) is 78.1 Å². The zero-order valence-corrected chi connectivity index (χ0v) is 16.9. The number of hydrogen-bond donors (Lipinski definition) is 1. The first-order valence-corrected chi connectivity index (χ1v) is 11.1. The monoisotopic (exact) mass is 403 g/mol. The largest absolute Gasteiger partial charge is 0.313 e. The van der Waals surface area contributed by atoms with E-state index in [-0.39, 0.29) is 4.90 Å². The third-order valence-electron chi connectivity index (χ3n) is 5.56. The summed E-state index contributed by atoms with van der Waals surface area (Å²) in [5, 5.41) is 5.21. The van der Waals surface area contributed by atoms with E-state index < -0.39 is 10.0 Å². The molecule has 0 saturated heterocycles. The van der Waals surface area contributed by atoms with Crippen molar-refractivity contribution in [1.29, 1.82) is 0 Å². The zero-order valence-electron chi connectivity index (χ0n) is 16.1. The van der Waals surface area contributed by atoms with Crippen LogP contribution in [0.1, 0.15) is 17.7 Å². The number of pyridine rings is 1. The van der Waals surface area contributed by atoms with Gasteiger partial charge in [0.15, 0.2) is 0 Å². The Morgan fingerprint density at radius 3 is 2.76 bits per heavy atom. The van der Waals surface area contributed by atoms with Crippen LogP contribution in [-0.2, 0) is 10.0 Å². The molecule has 0 atom stereocenters. The van der Waals surface area contributed by atoms with Gasteiger partial charge in [0.25, 0.3) is 10.0 Å². The van der Waals surface area contributed by atoms with Crippen LogP contribution in [0.2, 0.25) is 0 Å². The maximum absolute atomic E-state index is 13.7. The smallest absolute Gasteiger partial charge is 0.268 e. The molecule has 1 N–H and O–H groups in total. The lowest BCUT2D eigenvalue weighted by molar-refractivity contribution is 0.588. The Kier molecular flexibility index (Phi) is 4.26. The molecule has 6 heteroatoms. The van der Waals surface area contributed by atoms with Crippen LogP contribution in [0.4, 0.5) is 0 Å². The molecule has 3 heterocycles. The van der Waals surface area contributed by atoms with Crippen LogP contribution in [0.3, 0.4) is 0 Å². The highest BCUT2D eigenvalue weighted by molar-refractivity contribution is 7.90. The molecular weight excluding hydrogens is 382 g/mol. The first-order chi connectivity index (χ1) is 14.1. The van der Waals surface area contributed by atoms with Gasteiger partial charge in [-0.3, -0.25) is 4.98 Å². The Morgan fingerprint density at radius 1 is 1.07 bits per heavy atom. The number of fused-ring (bicyclic) bond motifs is 2. The first-order valence-electron chi connectivity index (χ1n) is 9.68. The van der Waals surface area contributed by atoms with Crippen molar-refractivity contribution in [3.8, 4) is 0 Å². The number of nitrogens with one attached hydrogen (secondary N) is 1. The molecule has 1 aliphatic rings. The number of para-hydroxylation sites is 1. The molecule has 146 valence electrons. The van der Waals surface area contributed by atoms with Crippen molar-refractivity contribution < 1.29 is 8.42 Å².